The molecule has 1 aromatic heterocycles. The fourth-order valence-corrected chi connectivity index (χ4v) is 5.18. The lowest BCUT2D eigenvalue weighted by Crippen LogP contribution is -2.77. The van der Waals surface area contributed by atoms with Crippen LogP contribution in [0.3, 0.4) is 0 Å². The molecule has 0 radical (unpaired) electrons. The van der Waals surface area contributed by atoms with E-state index in [4.69, 9.17) is 20.1 Å². The number of amides is 3. The van der Waals surface area contributed by atoms with Gasteiger partial charge in [0, 0.05) is 55.0 Å². The number of fused-ring (bicyclic) bond motifs is 1. The number of allylic oxidation sites excluding steroid dienone is 2. The van der Waals surface area contributed by atoms with Gasteiger partial charge in [0.05, 0.1) is 37.0 Å². The maximum atomic E-state index is 14.5. The van der Waals surface area contributed by atoms with Gasteiger partial charge in [0.15, 0.2) is 5.82 Å². The van der Waals surface area contributed by atoms with Crippen molar-refractivity contribution in [2.24, 2.45) is 0 Å². The van der Waals surface area contributed by atoms with Crippen molar-refractivity contribution in [3.8, 4) is 11.4 Å². The first-order valence-electron chi connectivity index (χ1n) is 14.6. The highest BCUT2D eigenvalue weighted by Gasteiger charge is 2.20. The molecule has 45 heavy (non-hydrogen) atoms. The third-order valence-electron chi connectivity index (χ3n) is 7.42. The fraction of sp³-hybridized carbons (Fsp3) is 0.242. The minimum Gasteiger partial charge on any atom is -0.378 e. The highest BCUT2D eigenvalue weighted by molar-refractivity contribution is 6.22. The number of ether oxygens (including phenoxy) is 1. The Kier molecular flexibility index (Phi) is 9.45. The van der Waals surface area contributed by atoms with Gasteiger partial charge in [0.25, 0.3) is 0 Å². The Morgan fingerprint density at radius 3 is 2.27 bits per heavy atom. The van der Waals surface area contributed by atoms with E-state index in [1.54, 1.807) is 19.1 Å². The van der Waals surface area contributed by atoms with Crippen LogP contribution in [0.1, 0.15) is 26.3 Å². The summed E-state index contributed by atoms with van der Waals surface area (Å²) in [5, 5.41) is 19.0. The molecule has 0 unspecified atom stereocenters. The van der Waals surface area contributed by atoms with Crippen molar-refractivity contribution >= 4 is 57.0 Å². The number of quaternary nitrogens is 1. The summed E-state index contributed by atoms with van der Waals surface area (Å²) in [4.78, 5) is 35.9. The number of urea groups is 1. The second-order valence-corrected chi connectivity index (χ2v) is 10.7. The zero-order valence-corrected chi connectivity index (χ0v) is 25.6. The van der Waals surface area contributed by atoms with E-state index >= 15 is 0 Å². The monoisotopic (exact) mass is 611 g/mol. The number of morpholine rings is 1. The van der Waals surface area contributed by atoms with Crippen LogP contribution >= 0.6 is 0 Å². The van der Waals surface area contributed by atoms with E-state index in [1.807, 2.05) is 49.6 Å². The Morgan fingerprint density at radius 1 is 0.911 bits per heavy atom. The van der Waals surface area contributed by atoms with Crippen molar-refractivity contribution in [1.29, 1.82) is 5.41 Å². The number of hydrogen-bond acceptors (Lipinski definition) is 7. The van der Waals surface area contributed by atoms with Crippen LogP contribution in [0.2, 0.25) is 0 Å². The summed E-state index contributed by atoms with van der Waals surface area (Å²) in [7, 11) is 1.96. The Morgan fingerprint density at radius 2 is 1.62 bits per heavy atom. The van der Waals surface area contributed by atoms with Gasteiger partial charge in [0.1, 0.15) is 17.3 Å². The molecule has 2 heterocycles. The van der Waals surface area contributed by atoms with Crippen LogP contribution in [0, 0.1) is 11.2 Å². The van der Waals surface area contributed by atoms with E-state index in [0.717, 1.165) is 45.2 Å². The van der Waals surface area contributed by atoms with Gasteiger partial charge >= 0.3 is 6.03 Å². The number of anilines is 4. The van der Waals surface area contributed by atoms with Crippen molar-refractivity contribution in [1.82, 2.24) is 9.97 Å². The molecule has 0 aliphatic carbocycles. The zero-order valence-electron chi connectivity index (χ0n) is 25.6. The van der Waals surface area contributed by atoms with Gasteiger partial charge < -0.3 is 36.3 Å². The molecule has 0 atom stereocenters. The molecule has 4 aromatic rings. The Bertz CT molecular complexity index is 1800. The summed E-state index contributed by atoms with van der Waals surface area (Å²) < 4.78 is 20.0. The van der Waals surface area contributed by atoms with Gasteiger partial charge in [-0.25, -0.2) is 19.2 Å². The highest BCUT2D eigenvalue weighted by atomic mass is 19.1. The number of hydrogen-bond donors (Lipinski definition) is 5. The van der Waals surface area contributed by atoms with E-state index in [1.165, 1.54) is 19.1 Å². The van der Waals surface area contributed by atoms with E-state index in [9.17, 15) is 14.0 Å². The molecule has 6 N–H and O–H groups in total. The summed E-state index contributed by atoms with van der Waals surface area (Å²) in [5.74, 6) is 0.335. The summed E-state index contributed by atoms with van der Waals surface area (Å²) in [6.07, 6.45) is 0. The van der Waals surface area contributed by atoms with Gasteiger partial charge in [-0.15, -0.1) is 0 Å². The molecule has 1 aliphatic rings. The van der Waals surface area contributed by atoms with E-state index in [2.05, 4.69) is 20.9 Å². The molecule has 0 spiro atoms. The van der Waals surface area contributed by atoms with Crippen LogP contribution < -0.4 is 26.2 Å². The molecule has 0 bridgehead atoms. The average Bonchev–Trinajstić information content (AvgIpc) is 3.02. The molecule has 1 saturated heterocycles. The predicted molar refractivity (Wildman–Crippen MR) is 175 cm³/mol. The maximum absolute atomic E-state index is 14.5. The molecule has 3 amide bonds. The van der Waals surface area contributed by atoms with Gasteiger partial charge in [-0.2, -0.15) is 0 Å². The van der Waals surface area contributed by atoms with E-state index < -0.39 is 11.8 Å². The smallest absolute Gasteiger partial charge is 0.323 e. The number of carbonyl (C=O) groups excluding carboxylic acids is 2. The molecule has 5 rings (SSSR count). The Hall–Kier alpha value is -5.20. The number of carbonyl (C=O) groups is 2. The van der Waals surface area contributed by atoms with Crippen LogP contribution in [-0.2, 0) is 9.53 Å². The number of nitrogens with one attached hydrogen (secondary N) is 4. The lowest BCUT2D eigenvalue weighted by atomic mass is 9.98. The van der Waals surface area contributed by atoms with Crippen LogP contribution in [0.4, 0.5) is 32.1 Å². The van der Waals surface area contributed by atoms with Crippen molar-refractivity contribution in [2.45, 2.75) is 20.8 Å². The quantitative estimate of drug-likeness (QED) is 0.180. The summed E-state index contributed by atoms with van der Waals surface area (Å²) in [6, 6.07) is 16.5. The minimum atomic E-state index is -0.680. The van der Waals surface area contributed by atoms with Gasteiger partial charge in [-0.05, 0) is 67.1 Å². The molecular formula is C33H36FN8O3+. The van der Waals surface area contributed by atoms with Gasteiger partial charge in [-0.1, -0.05) is 6.07 Å². The van der Waals surface area contributed by atoms with Crippen LogP contribution in [-0.4, -0.2) is 61.0 Å². The SMILES string of the molecule is C[NH2+]/C(C)=C(\C(C)=N)c1ccc2c(N3CCOCC3)nc(-c3ccc(NC(=O)Nc4ccc(NC(C)=O)cc4F)cc3)nc2c1. The standard InChI is InChI=1S/C33H35FN8O3/c1-19(35)30(20(2)36-4)23-7-11-26-29(17-23)39-31(41-32(26)42-13-15-45-16-14-42)22-5-8-24(9-6-22)38-33(44)40-28-12-10-25(18-27(28)34)37-21(3)43/h5-12,17-18,35-36H,13-16H2,1-4H3,(H,37,43)(H2,38,40,44)/p+1/b30-20+,35-19?. The predicted octanol–water partition coefficient (Wildman–Crippen LogP) is 4.84. The molecular weight excluding hydrogens is 575 g/mol. The lowest BCUT2D eigenvalue weighted by molar-refractivity contribution is -0.574. The first kappa shape index (κ1) is 31.2. The summed E-state index contributed by atoms with van der Waals surface area (Å²) >= 11 is 0. The highest BCUT2D eigenvalue weighted by Crippen LogP contribution is 2.31. The maximum Gasteiger partial charge on any atom is 0.323 e. The number of rotatable bonds is 8. The van der Waals surface area contributed by atoms with Gasteiger partial charge in [-0.3, -0.25) is 4.79 Å². The van der Waals surface area contributed by atoms with Crippen molar-refractivity contribution in [2.75, 3.05) is 54.2 Å². The topological polar surface area (TPSA) is 149 Å². The number of nitrogens with two attached hydrogens (primary N) is 1. The first-order chi connectivity index (χ1) is 21.6. The second kappa shape index (κ2) is 13.6. The largest absolute Gasteiger partial charge is 0.378 e. The van der Waals surface area contributed by atoms with E-state index in [0.29, 0.717) is 49.2 Å². The molecule has 12 heteroatoms. The fourth-order valence-electron chi connectivity index (χ4n) is 5.18. The molecule has 232 valence electrons. The lowest BCUT2D eigenvalue weighted by Gasteiger charge is -2.29. The third kappa shape index (κ3) is 7.31. The molecule has 0 saturated carbocycles. The van der Waals surface area contributed by atoms with Crippen LogP contribution in [0.25, 0.3) is 27.9 Å². The number of aromatic nitrogens is 2. The van der Waals surface area contributed by atoms with Crippen LogP contribution in [0.5, 0.6) is 0 Å². The Labute approximate surface area is 260 Å². The molecule has 1 fully saturated rings. The summed E-state index contributed by atoms with van der Waals surface area (Å²) in [5.41, 5.74) is 5.54. The molecule has 11 nitrogen and oxygen atoms in total. The normalized spacial score (nSPS) is 13.7. The number of nitrogens with zero attached hydrogens (tertiary/aromatic N) is 3. The minimum absolute atomic E-state index is 0.0268. The molecule has 3 aromatic carbocycles. The summed E-state index contributed by atoms with van der Waals surface area (Å²) in [6.45, 7) is 7.74. The zero-order chi connectivity index (χ0) is 32.1. The third-order valence-corrected chi connectivity index (χ3v) is 7.42. The molecule has 1 aliphatic heterocycles. The second-order valence-electron chi connectivity index (χ2n) is 10.7. The number of halogens is 1. The van der Waals surface area contributed by atoms with Crippen LogP contribution in [0.15, 0.2) is 66.4 Å². The first-order valence-corrected chi connectivity index (χ1v) is 14.6. The average molecular weight is 612 g/mol. The van der Waals surface area contributed by atoms with Crippen molar-refractivity contribution in [3.05, 3.63) is 77.7 Å². The van der Waals surface area contributed by atoms with E-state index in [-0.39, 0.29) is 11.6 Å². The number of benzene rings is 3. The van der Waals surface area contributed by atoms with Crippen molar-refractivity contribution < 1.29 is 24.0 Å². The van der Waals surface area contributed by atoms with Crippen molar-refractivity contribution in [3.63, 3.8) is 0 Å². The Balaban J connectivity index is 1.42. The van der Waals surface area contributed by atoms with Gasteiger partial charge in [0.2, 0.25) is 5.91 Å².